The number of benzene rings is 10. The van der Waals surface area contributed by atoms with Crippen LogP contribution in [-0.2, 0) is 6.18 Å². The molecule has 378 valence electrons. The van der Waals surface area contributed by atoms with Gasteiger partial charge >= 0.3 is 6.18 Å². The van der Waals surface area contributed by atoms with E-state index in [2.05, 4.69) is 18.2 Å². The highest BCUT2D eigenvalue weighted by Gasteiger charge is 2.31. The monoisotopic (exact) mass is 1040 g/mol. The first-order chi connectivity index (χ1) is 39.2. The Kier molecular flexibility index (Phi) is 11.5. The number of alkyl halides is 3. The molecular weight excluding hydrogens is 1000 g/mol. The van der Waals surface area contributed by atoms with Gasteiger partial charge in [0.2, 0.25) is 0 Å². The molecule has 10 aromatic carbocycles. The quantitative estimate of drug-likeness (QED) is 0.142. The molecule has 0 aliphatic rings. The van der Waals surface area contributed by atoms with Gasteiger partial charge in [0, 0.05) is 54.9 Å². The summed E-state index contributed by atoms with van der Waals surface area (Å²) in [5.74, 6) is 3.04. The van der Waals surface area contributed by atoms with Gasteiger partial charge in [0.1, 0.15) is 11.6 Å². The van der Waals surface area contributed by atoms with Gasteiger partial charge in [-0.3, -0.25) is 0 Å². The average Bonchev–Trinajstić information content (AvgIpc) is 4.04. The second kappa shape index (κ2) is 19.3. The van der Waals surface area contributed by atoms with Crippen molar-refractivity contribution in [3.8, 4) is 96.9 Å². The number of rotatable bonds is 9. The summed E-state index contributed by atoms with van der Waals surface area (Å²) >= 11 is 0. The minimum Gasteiger partial charge on any atom is -0.308 e. The number of hydrogen-bond donors (Lipinski definition) is 0. The summed E-state index contributed by atoms with van der Waals surface area (Å²) in [6.45, 7) is 0. The Morgan fingerprint density at radius 3 is 1.01 bits per heavy atom. The van der Waals surface area contributed by atoms with Crippen LogP contribution in [0.25, 0.3) is 134 Å². The lowest BCUT2D eigenvalue weighted by molar-refractivity contribution is -0.137. The minimum absolute atomic E-state index is 0.300. The molecule has 14 rings (SSSR count). The highest BCUT2D eigenvalue weighted by molar-refractivity contribution is 6.12. The zero-order valence-electron chi connectivity index (χ0n) is 42.3. The summed E-state index contributed by atoms with van der Waals surface area (Å²) in [5, 5.41) is 15.2. The van der Waals surface area contributed by atoms with Crippen LogP contribution in [0.4, 0.5) is 13.2 Å². The Morgan fingerprint density at radius 1 is 0.300 bits per heavy atom. The van der Waals surface area contributed by atoms with Gasteiger partial charge in [-0.25, -0.2) is 29.9 Å². The maximum Gasteiger partial charge on any atom is 0.416 e. The third-order valence-electron chi connectivity index (χ3n) is 14.5. The lowest BCUT2D eigenvalue weighted by atomic mass is 9.98. The number of nitrogens with zero attached hydrogens (tertiary/aromatic N) is 9. The van der Waals surface area contributed by atoms with Crippen LogP contribution >= 0.6 is 0 Å². The van der Waals surface area contributed by atoms with Gasteiger partial charge in [0.25, 0.3) is 0 Å². The molecule has 0 atom stereocenters. The van der Waals surface area contributed by atoms with Crippen molar-refractivity contribution in [2.45, 2.75) is 6.18 Å². The van der Waals surface area contributed by atoms with Crippen molar-refractivity contribution in [2.24, 2.45) is 0 Å². The Labute approximate surface area is 455 Å². The summed E-state index contributed by atoms with van der Waals surface area (Å²) in [6, 6.07) is 78.6. The zero-order chi connectivity index (χ0) is 53.9. The van der Waals surface area contributed by atoms with Crippen molar-refractivity contribution in [1.82, 2.24) is 39.0 Å². The van der Waals surface area contributed by atoms with E-state index in [1.54, 1.807) is 6.07 Å². The van der Waals surface area contributed by atoms with E-state index < -0.39 is 11.7 Å². The molecule has 0 N–H and O–H groups in total. The molecule has 0 saturated heterocycles. The zero-order valence-corrected chi connectivity index (χ0v) is 42.3. The Morgan fingerprint density at radius 2 is 0.637 bits per heavy atom. The average molecular weight is 1040 g/mol. The fourth-order valence-corrected chi connectivity index (χ4v) is 10.7. The lowest BCUT2D eigenvalue weighted by Crippen LogP contribution is -2.06. The standard InChI is InChI=1S/C68H40F3N9/c69-68(70,71)50-27-17-26-46(36-50)49-39-60(79-56-30-15-13-28-51(56)53-37-47(32-34-58(53)79)66-75-62(42-18-5-1-6-19-42)73-63(76-66)43-20-7-2-8-21-43)55(41-72)61(40-49)80-57-31-16-14-29-52(57)54-38-48(33-35-59(54)80)67-77-64(44-22-9-3-10-23-44)74-65(78-67)45-24-11-4-12-25-45/h1-40H. The molecule has 0 spiro atoms. The maximum absolute atomic E-state index is 14.6. The molecule has 0 bridgehead atoms. The van der Waals surface area contributed by atoms with Crippen molar-refractivity contribution in [3.05, 3.63) is 254 Å². The van der Waals surface area contributed by atoms with Gasteiger partial charge in [0.15, 0.2) is 34.9 Å². The summed E-state index contributed by atoms with van der Waals surface area (Å²) < 4.78 is 47.8. The first-order valence-electron chi connectivity index (χ1n) is 25.8. The van der Waals surface area contributed by atoms with Crippen molar-refractivity contribution in [2.75, 3.05) is 0 Å². The first kappa shape index (κ1) is 47.5. The van der Waals surface area contributed by atoms with Crippen LogP contribution < -0.4 is 0 Å². The Bertz CT molecular complexity index is 4380. The molecule has 4 heterocycles. The number of para-hydroxylation sites is 2. The Balaban J connectivity index is 0.996. The van der Waals surface area contributed by atoms with Gasteiger partial charge < -0.3 is 9.13 Å². The van der Waals surface area contributed by atoms with Gasteiger partial charge in [-0.1, -0.05) is 170 Å². The van der Waals surface area contributed by atoms with Crippen LogP contribution in [0.1, 0.15) is 11.1 Å². The minimum atomic E-state index is -4.60. The summed E-state index contributed by atoms with van der Waals surface area (Å²) in [4.78, 5) is 29.9. The third kappa shape index (κ3) is 8.37. The molecule has 0 unspecified atom stereocenters. The normalized spacial score (nSPS) is 11.7. The molecule has 0 radical (unpaired) electrons. The van der Waals surface area contributed by atoms with Gasteiger partial charge in [0.05, 0.1) is 39.0 Å². The third-order valence-corrected chi connectivity index (χ3v) is 14.5. The van der Waals surface area contributed by atoms with Crippen molar-refractivity contribution < 1.29 is 13.2 Å². The van der Waals surface area contributed by atoms with Crippen molar-refractivity contribution in [1.29, 1.82) is 5.26 Å². The van der Waals surface area contributed by atoms with E-state index in [1.807, 2.05) is 215 Å². The largest absolute Gasteiger partial charge is 0.416 e. The van der Waals surface area contributed by atoms with E-state index in [4.69, 9.17) is 29.9 Å². The molecule has 4 aromatic heterocycles. The highest BCUT2D eigenvalue weighted by atomic mass is 19.4. The van der Waals surface area contributed by atoms with E-state index >= 15 is 0 Å². The van der Waals surface area contributed by atoms with Crippen LogP contribution in [-0.4, -0.2) is 39.0 Å². The van der Waals surface area contributed by atoms with Crippen LogP contribution in [0.5, 0.6) is 0 Å². The van der Waals surface area contributed by atoms with Gasteiger partial charge in [-0.15, -0.1) is 0 Å². The maximum atomic E-state index is 14.6. The SMILES string of the molecule is N#Cc1c(-n2c3ccccc3c3cc(-c4nc(-c5ccccc5)nc(-c5ccccc5)n4)ccc32)cc(-c2cccc(C(F)(F)F)c2)cc1-n1c2ccccc2c2cc(-c3nc(-c4ccccc4)nc(-c4ccccc4)n3)ccc21. The number of nitriles is 1. The smallest absolute Gasteiger partial charge is 0.308 e. The summed E-state index contributed by atoms with van der Waals surface area (Å²) in [6.07, 6.45) is -4.60. The van der Waals surface area contributed by atoms with Crippen LogP contribution in [0.2, 0.25) is 0 Å². The molecular formula is C68H40F3N9. The van der Waals surface area contributed by atoms with Crippen LogP contribution in [0, 0.1) is 11.3 Å². The number of fused-ring (bicyclic) bond motifs is 6. The Hall–Kier alpha value is -10.9. The number of halogens is 3. The van der Waals surface area contributed by atoms with Crippen LogP contribution in [0.3, 0.4) is 0 Å². The number of aromatic nitrogens is 8. The molecule has 80 heavy (non-hydrogen) atoms. The molecule has 14 aromatic rings. The van der Waals surface area contributed by atoms with E-state index in [-0.39, 0.29) is 0 Å². The van der Waals surface area contributed by atoms with E-state index in [1.165, 1.54) is 6.07 Å². The highest BCUT2D eigenvalue weighted by Crippen LogP contribution is 2.43. The van der Waals surface area contributed by atoms with E-state index in [0.717, 1.165) is 89.1 Å². The second-order valence-electron chi connectivity index (χ2n) is 19.3. The fourth-order valence-electron chi connectivity index (χ4n) is 10.7. The topological polar surface area (TPSA) is 111 Å². The molecule has 0 aliphatic heterocycles. The first-order valence-corrected chi connectivity index (χ1v) is 25.8. The lowest BCUT2D eigenvalue weighted by Gasteiger charge is -2.19. The molecule has 0 amide bonds. The van der Waals surface area contributed by atoms with Crippen LogP contribution in [0.15, 0.2) is 243 Å². The fraction of sp³-hybridized carbons (Fsp3) is 0.0147. The molecule has 0 saturated carbocycles. The molecule has 9 nitrogen and oxygen atoms in total. The van der Waals surface area contributed by atoms with Crippen molar-refractivity contribution in [3.63, 3.8) is 0 Å². The van der Waals surface area contributed by atoms with E-state index in [0.29, 0.717) is 63.0 Å². The van der Waals surface area contributed by atoms with E-state index in [9.17, 15) is 18.4 Å². The van der Waals surface area contributed by atoms with Crippen molar-refractivity contribution >= 4 is 43.6 Å². The summed E-state index contributed by atoms with van der Waals surface area (Å²) in [7, 11) is 0. The second-order valence-corrected chi connectivity index (χ2v) is 19.3. The molecule has 0 aliphatic carbocycles. The van der Waals surface area contributed by atoms with Gasteiger partial charge in [-0.2, -0.15) is 18.4 Å². The summed E-state index contributed by atoms with van der Waals surface area (Å²) in [5.41, 5.74) is 9.19. The molecule has 12 heteroatoms. The predicted octanol–water partition coefficient (Wildman–Crippen LogP) is 16.8. The predicted molar refractivity (Wildman–Crippen MR) is 310 cm³/mol. The van der Waals surface area contributed by atoms with Gasteiger partial charge in [-0.05, 0) is 83.9 Å². The number of hydrogen-bond acceptors (Lipinski definition) is 7. The molecule has 0 fully saturated rings.